The number of carboxylic acid groups (broad SMARTS) is 1. The van der Waals surface area contributed by atoms with E-state index in [1.165, 1.54) is 5.56 Å². The summed E-state index contributed by atoms with van der Waals surface area (Å²) in [6.07, 6.45) is 2.45. The van der Waals surface area contributed by atoms with Crippen LogP contribution in [0.15, 0.2) is 30.3 Å². The maximum atomic E-state index is 11.8. The van der Waals surface area contributed by atoms with Crippen LogP contribution in [0.2, 0.25) is 0 Å². The van der Waals surface area contributed by atoms with Gasteiger partial charge in [-0.25, -0.2) is 0 Å². The number of carbonyl (C=O) groups is 1. The summed E-state index contributed by atoms with van der Waals surface area (Å²) in [5.74, 6) is -0.713. The highest BCUT2D eigenvalue weighted by molar-refractivity contribution is 5.78. The van der Waals surface area contributed by atoms with Gasteiger partial charge in [0.05, 0.1) is 0 Å². The van der Waals surface area contributed by atoms with Crippen molar-refractivity contribution < 1.29 is 9.90 Å². The Bertz CT molecular complexity index is 427. The molecule has 1 aliphatic rings. The van der Waals surface area contributed by atoms with E-state index in [1.54, 1.807) is 0 Å². The van der Waals surface area contributed by atoms with Crippen molar-refractivity contribution in [2.24, 2.45) is 0 Å². The van der Waals surface area contributed by atoms with Crippen molar-refractivity contribution in [3.05, 3.63) is 35.9 Å². The second-order valence-electron chi connectivity index (χ2n) is 5.66. The molecule has 0 amide bonds. The van der Waals surface area contributed by atoms with Crippen LogP contribution in [0, 0.1) is 0 Å². The van der Waals surface area contributed by atoms with Crippen LogP contribution in [0.5, 0.6) is 0 Å². The lowest BCUT2D eigenvalue weighted by molar-refractivity contribution is -0.151. The molecule has 1 aliphatic heterocycles. The Hall–Kier alpha value is -1.39. The predicted molar refractivity (Wildman–Crippen MR) is 79.9 cm³/mol. The minimum atomic E-state index is -0.776. The van der Waals surface area contributed by atoms with Crippen molar-refractivity contribution in [3.8, 4) is 0 Å². The first-order chi connectivity index (χ1) is 9.63. The SMILES string of the molecule is CC(CCc1ccccc1)(C(=O)O)N1CCCNCC1. The molecule has 1 fully saturated rings. The number of carboxylic acids is 1. The summed E-state index contributed by atoms with van der Waals surface area (Å²) in [5, 5.41) is 13.0. The van der Waals surface area contributed by atoms with Gasteiger partial charge in [0.15, 0.2) is 0 Å². The number of nitrogens with zero attached hydrogens (tertiary/aromatic N) is 1. The van der Waals surface area contributed by atoms with E-state index in [2.05, 4.69) is 22.3 Å². The van der Waals surface area contributed by atoms with Crippen LogP contribution in [0.25, 0.3) is 0 Å². The van der Waals surface area contributed by atoms with Crippen LogP contribution < -0.4 is 5.32 Å². The summed E-state index contributed by atoms with van der Waals surface area (Å²) in [4.78, 5) is 13.9. The number of aliphatic carboxylic acids is 1. The number of nitrogens with one attached hydrogen (secondary N) is 1. The molecule has 0 spiro atoms. The average Bonchev–Trinajstić information content (AvgIpc) is 2.75. The molecule has 1 heterocycles. The van der Waals surface area contributed by atoms with E-state index in [0.29, 0.717) is 6.42 Å². The van der Waals surface area contributed by atoms with E-state index in [1.807, 2.05) is 25.1 Å². The molecule has 2 N–H and O–H groups in total. The maximum Gasteiger partial charge on any atom is 0.323 e. The molecular formula is C16H24N2O2. The third kappa shape index (κ3) is 3.58. The van der Waals surface area contributed by atoms with Crippen LogP contribution in [-0.4, -0.2) is 47.7 Å². The number of hydrogen-bond acceptors (Lipinski definition) is 3. The molecule has 0 aromatic heterocycles. The molecule has 0 bridgehead atoms. The van der Waals surface area contributed by atoms with Crippen molar-refractivity contribution >= 4 is 5.97 Å². The van der Waals surface area contributed by atoms with E-state index in [9.17, 15) is 9.90 Å². The molecule has 1 unspecified atom stereocenters. The van der Waals surface area contributed by atoms with Crippen LogP contribution in [0.1, 0.15) is 25.3 Å². The van der Waals surface area contributed by atoms with E-state index in [-0.39, 0.29) is 0 Å². The van der Waals surface area contributed by atoms with Crippen LogP contribution in [-0.2, 0) is 11.2 Å². The first-order valence-electron chi connectivity index (χ1n) is 7.36. The molecule has 0 saturated carbocycles. The average molecular weight is 276 g/mol. The Morgan fingerprint density at radius 2 is 2.05 bits per heavy atom. The van der Waals surface area contributed by atoms with Crippen molar-refractivity contribution in [1.82, 2.24) is 10.2 Å². The zero-order valence-corrected chi connectivity index (χ0v) is 12.1. The van der Waals surface area contributed by atoms with Crippen molar-refractivity contribution in [1.29, 1.82) is 0 Å². The lowest BCUT2D eigenvalue weighted by atomic mass is 9.91. The van der Waals surface area contributed by atoms with Crippen molar-refractivity contribution in [2.75, 3.05) is 26.2 Å². The summed E-state index contributed by atoms with van der Waals surface area (Å²) >= 11 is 0. The van der Waals surface area contributed by atoms with E-state index in [4.69, 9.17) is 0 Å². The van der Waals surface area contributed by atoms with Crippen molar-refractivity contribution in [3.63, 3.8) is 0 Å². The smallest absolute Gasteiger partial charge is 0.323 e. The lowest BCUT2D eigenvalue weighted by Gasteiger charge is -2.37. The molecule has 1 aromatic rings. The first kappa shape index (κ1) is 15.0. The Morgan fingerprint density at radius 3 is 2.75 bits per heavy atom. The molecule has 0 aliphatic carbocycles. The molecule has 2 rings (SSSR count). The molecule has 4 nitrogen and oxygen atoms in total. The highest BCUT2D eigenvalue weighted by atomic mass is 16.4. The second-order valence-corrected chi connectivity index (χ2v) is 5.66. The van der Waals surface area contributed by atoms with Gasteiger partial charge in [-0.2, -0.15) is 0 Å². The van der Waals surface area contributed by atoms with Gasteiger partial charge in [0.1, 0.15) is 5.54 Å². The molecule has 0 radical (unpaired) electrons. The third-order valence-electron chi connectivity index (χ3n) is 4.24. The Labute approximate surface area is 120 Å². The van der Waals surface area contributed by atoms with Gasteiger partial charge < -0.3 is 10.4 Å². The van der Waals surface area contributed by atoms with Gasteiger partial charge in [-0.1, -0.05) is 30.3 Å². The largest absolute Gasteiger partial charge is 0.480 e. The molecular weight excluding hydrogens is 252 g/mol. The monoisotopic (exact) mass is 276 g/mol. The second kappa shape index (κ2) is 6.86. The van der Waals surface area contributed by atoms with E-state index < -0.39 is 11.5 Å². The quantitative estimate of drug-likeness (QED) is 0.860. The van der Waals surface area contributed by atoms with Gasteiger partial charge in [0.25, 0.3) is 0 Å². The van der Waals surface area contributed by atoms with Gasteiger partial charge in [0.2, 0.25) is 0 Å². The minimum absolute atomic E-state index is 0.645. The van der Waals surface area contributed by atoms with Gasteiger partial charge >= 0.3 is 5.97 Å². The van der Waals surface area contributed by atoms with Crippen LogP contribution in [0.4, 0.5) is 0 Å². The van der Waals surface area contributed by atoms with Crippen molar-refractivity contribution in [2.45, 2.75) is 31.7 Å². The normalized spacial score (nSPS) is 20.1. The molecule has 20 heavy (non-hydrogen) atoms. The fourth-order valence-corrected chi connectivity index (χ4v) is 2.77. The Morgan fingerprint density at radius 1 is 1.30 bits per heavy atom. The van der Waals surface area contributed by atoms with Gasteiger partial charge in [0, 0.05) is 19.6 Å². The Balaban J connectivity index is 2.06. The van der Waals surface area contributed by atoms with Crippen LogP contribution in [0.3, 0.4) is 0 Å². The Kier molecular flexibility index (Phi) is 5.15. The number of rotatable bonds is 5. The fourth-order valence-electron chi connectivity index (χ4n) is 2.77. The predicted octanol–water partition coefficient (Wildman–Crippen LogP) is 1.76. The minimum Gasteiger partial charge on any atom is -0.480 e. The summed E-state index contributed by atoms with van der Waals surface area (Å²) in [5.41, 5.74) is 0.426. The van der Waals surface area contributed by atoms with E-state index in [0.717, 1.165) is 39.0 Å². The van der Waals surface area contributed by atoms with Crippen LogP contribution >= 0.6 is 0 Å². The third-order valence-corrected chi connectivity index (χ3v) is 4.24. The molecule has 1 aromatic carbocycles. The molecule has 1 atom stereocenters. The number of aryl methyl sites for hydroxylation is 1. The number of benzene rings is 1. The number of hydrogen-bond donors (Lipinski definition) is 2. The highest BCUT2D eigenvalue weighted by Gasteiger charge is 2.39. The fraction of sp³-hybridized carbons (Fsp3) is 0.562. The summed E-state index contributed by atoms with van der Waals surface area (Å²) in [6.45, 7) is 5.37. The van der Waals surface area contributed by atoms with E-state index >= 15 is 0 Å². The zero-order valence-electron chi connectivity index (χ0n) is 12.1. The zero-order chi connectivity index (χ0) is 14.4. The highest BCUT2D eigenvalue weighted by Crippen LogP contribution is 2.23. The van der Waals surface area contributed by atoms with Gasteiger partial charge in [-0.15, -0.1) is 0 Å². The lowest BCUT2D eigenvalue weighted by Crippen LogP contribution is -2.53. The molecule has 110 valence electrons. The standard InChI is InChI=1S/C16H24N2O2/c1-16(15(19)20,18-12-5-10-17-11-13-18)9-8-14-6-3-2-4-7-14/h2-4,6-7,17H,5,8-13H2,1H3,(H,19,20). The summed E-state index contributed by atoms with van der Waals surface area (Å²) in [7, 11) is 0. The van der Waals surface area contributed by atoms with Gasteiger partial charge in [-0.3, -0.25) is 9.69 Å². The topological polar surface area (TPSA) is 52.6 Å². The van der Waals surface area contributed by atoms with Gasteiger partial charge in [-0.05, 0) is 38.3 Å². The molecule has 4 heteroatoms. The summed E-state index contributed by atoms with van der Waals surface area (Å²) < 4.78 is 0. The summed E-state index contributed by atoms with van der Waals surface area (Å²) in [6, 6.07) is 10.1. The first-order valence-corrected chi connectivity index (χ1v) is 7.36. The molecule has 1 saturated heterocycles. The maximum absolute atomic E-state index is 11.8.